The summed E-state index contributed by atoms with van der Waals surface area (Å²) in [7, 11) is 0. The van der Waals surface area contributed by atoms with Crippen molar-refractivity contribution in [3.8, 4) is 0 Å². The van der Waals surface area contributed by atoms with Gasteiger partial charge in [-0.2, -0.15) is 9.61 Å². The number of H-pyrrole nitrogens is 1. The van der Waals surface area contributed by atoms with E-state index in [0.29, 0.717) is 17.3 Å². The summed E-state index contributed by atoms with van der Waals surface area (Å²) in [5.41, 5.74) is 6.22. The Labute approximate surface area is 189 Å². The Hall–Kier alpha value is -3.46. The molecule has 0 aliphatic carbocycles. The van der Waals surface area contributed by atoms with Gasteiger partial charge < -0.3 is 5.32 Å². The molecule has 0 fully saturated rings. The van der Waals surface area contributed by atoms with Gasteiger partial charge in [0.25, 0.3) is 11.3 Å². The van der Waals surface area contributed by atoms with Crippen molar-refractivity contribution in [2.45, 2.75) is 39.3 Å². The first-order chi connectivity index (χ1) is 15.3. The number of carbonyl (C=O) groups is 1. The Morgan fingerprint density at radius 3 is 2.41 bits per heavy atom. The first kappa shape index (κ1) is 21.8. The van der Waals surface area contributed by atoms with Crippen LogP contribution in [-0.4, -0.2) is 36.5 Å². The van der Waals surface area contributed by atoms with Crippen LogP contribution in [-0.2, 0) is 11.2 Å². The summed E-state index contributed by atoms with van der Waals surface area (Å²) in [6, 6.07) is 12.0. The van der Waals surface area contributed by atoms with E-state index >= 15 is 0 Å². The van der Waals surface area contributed by atoms with Crippen LogP contribution in [0, 0.1) is 27.7 Å². The summed E-state index contributed by atoms with van der Waals surface area (Å²) in [6.45, 7) is 8.00. The lowest BCUT2D eigenvalue weighted by atomic mass is 10.1. The average Bonchev–Trinajstić information content (AvgIpc) is 3.12. The van der Waals surface area contributed by atoms with Crippen LogP contribution >= 0.6 is 11.8 Å². The van der Waals surface area contributed by atoms with E-state index in [1.807, 2.05) is 64.1 Å². The molecule has 0 radical (unpaired) electrons. The summed E-state index contributed by atoms with van der Waals surface area (Å²) >= 11 is 1.21. The van der Waals surface area contributed by atoms with Gasteiger partial charge in [-0.05, 0) is 44.4 Å². The van der Waals surface area contributed by atoms with Crippen molar-refractivity contribution in [2.75, 3.05) is 11.1 Å². The molecule has 2 aromatic heterocycles. The summed E-state index contributed by atoms with van der Waals surface area (Å²) < 4.78 is 1.48. The molecule has 0 aliphatic rings. The molecule has 1 amide bonds. The van der Waals surface area contributed by atoms with Crippen LogP contribution in [0.4, 0.5) is 5.69 Å². The number of amides is 1. The van der Waals surface area contributed by atoms with Gasteiger partial charge in [0, 0.05) is 12.1 Å². The number of anilines is 1. The molecule has 9 heteroatoms. The topological polar surface area (TPSA) is 105 Å². The van der Waals surface area contributed by atoms with E-state index in [-0.39, 0.29) is 23.0 Å². The van der Waals surface area contributed by atoms with E-state index < -0.39 is 0 Å². The molecule has 32 heavy (non-hydrogen) atoms. The number of aryl methyl sites for hydroxylation is 4. The molecule has 164 valence electrons. The maximum Gasteiger partial charge on any atom is 0.274 e. The number of fused-ring (bicyclic) bond motifs is 1. The molecule has 0 spiro atoms. The van der Waals surface area contributed by atoms with Crippen LogP contribution in [0.1, 0.15) is 33.5 Å². The highest BCUT2D eigenvalue weighted by molar-refractivity contribution is 7.99. The van der Waals surface area contributed by atoms with E-state index in [1.54, 1.807) is 0 Å². The number of nitrogens with zero attached hydrogens (tertiary/aromatic N) is 4. The van der Waals surface area contributed by atoms with Crippen molar-refractivity contribution in [1.29, 1.82) is 0 Å². The summed E-state index contributed by atoms with van der Waals surface area (Å²) in [5, 5.41) is 15.9. The second kappa shape index (κ2) is 8.96. The van der Waals surface area contributed by atoms with E-state index in [0.717, 1.165) is 33.5 Å². The number of aromatic amines is 1. The van der Waals surface area contributed by atoms with Crippen LogP contribution in [0.25, 0.3) is 5.78 Å². The van der Waals surface area contributed by atoms with Crippen LogP contribution in [0.15, 0.2) is 46.3 Å². The normalized spacial score (nSPS) is 11.1. The Bertz CT molecular complexity index is 1330. The second-order valence-corrected chi connectivity index (χ2v) is 8.83. The molecule has 4 rings (SSSR count). The fourth-order valence-electron chi connectivity index (χ4n) is 3.56. The third-order valence-corrected chi connectivity index (χ3v) is 6.01. The molecule has 2 heterocycles. The first-order valence-corrected chi connectivity index (χ1v) is 11.2. The smallest absolute Gasteiger partial charge is 0.274 e. The third kappa shape index (κ3) is 4.72. The van der Waals surface area contributed by atoms with E-state index in [2.05, 4.69) is 25.6 Å². The van der Waals surface area contributed by atoms with Crippen LogP contribution in [0.5, 0.6) is 0 Å². The SMILES string of the molecule is Cc1ccc(Cc2nn3c(SCC(=O)Nc4c(C)cc(C)cc4C)nnc3[nH]c2=O)cc1. The molecule has 0 bridgehead atoms. The number of aromatic nitrogens is 5. The molecule has 2 N–H and O–H groups in total. The zero-order valence-corrected chi connectivity index (χ0v) is 19.2. The molecule has 0 saturated heterocycles. The van der Waals surface area contributed by atoms with Gasteiger partial charge in [-0.1, -0.05) is 59.3 Å². The van der Waals surface area contributed by atoms with Crippen molar-refractivity contribution in [3.05, 3.63) is 80.3 Å². The lowest BCUT2D eigenvalue weighted by Crippen LogP contribution is -2.19. The number of thioether (sulfide) groups is 1. The number of benzene rings is 2. The van der Waals surface area contributed by atoms with Gasteiger partial charge in [-0.3, -0.25) is 14.6 Å². The Kier molecular flexibility index (Phi) is 6.09. The van der Waals surface area contributed by atoms with Crippen LogP contribution in [0.3, 0.4) is 0 Å². The van der Waals surface area contributed by atoms with Gasteiger partial charge in [0.2, 0.25) is 11.1 Å². The number of hydrogen-bond donors (Lipinski definition) is 2. The highest BCUT2D eigenvalue weighted by Gasteiger charge is 2.15. The van der Waals surface area contributed by atoms with Gasteiger partial charge >= 0.3 is 0 Å². The van der Waals surface area contributed by atoms with Gasteiger partial charge in [0.15, 0.2) is 0 Å². The lowest BCUT2D eigenvalue weighted by Gasteiger charge is -2.12. The monoisotopic (exact) mass is 448 g/mol. The standard InChI is InChI=1S/C23H24N6O2S/c1-13-5-7-17(8-6-13)11-18-21(31)25-22-26-27-23(29(22)28-18)32-12-19(30)24-20-15(3)9-14(2)10-16(20)4/h5-10H,11-12H2,1-4H3,(H,24,30)(H,25,26,31). The van der Waals surface area contributed by atoms with E-state index in [9.17, 15) is 9.59 Å². The minimum atomic E-state index is -0.301. The molecule has 0 aliphatic heterocycles. The number of carbonyl (C=O) groups excluding carboxylic acids is 1. The number of rotatable bonds is 6. The van der Waals surface area contributed by atoms with Gasteiger partial charge in [0.1, 0.15) is 5.69 Å². The minimum Gasteiger partial charge on any atom is -0.325 e. The summed E-state index contributed by atoms with van der Waals surface area (Å²) in [5.74, 6) is 0.240. The Morgan fingerprint density at radius 1 is 1.03 bits per heavy atom. The quantitative estimate of drug-likeness (QED) is 0.438. The molecule has 2 aromatic carbocycles. The number of nitrogens with one attached hydrogen (secondary N) is 2. The molecular formula is C23H24N6O2S. The predicted molar refractivity (Wildman–Crippen MR) is 125 cm³/mol. The van der Waals surface area contributed by atoms with Crippen molar-refractivity contribution in [1.82, 2.24) is 24.8 Å². The molecule has 0 saturated carbocycles. The third-order valence-electron chi connectivity index (χ3n) is 5.09. The zero-order chi connectivity index (χ0) is 22.8. The van der Waals surface area contributed by atoms with Crippen molar-refractivity contribution in [2.24, 2.45) is 0 Å². The first-order valence-electron chi connectivity index (χ1n) is 10.2. The van der Waals surface area contributed by atoms with Crippen molar-refractivity contribution < 1.29 is 4.79 Å². The maximum absolute atomic E-state index is 12.6. The molecule has 0 atom stereocenters. The van der Waals surface area contributed by atoms with Gasteiger partial charge in [-0.25, -0.2) is 0 Å². The molecular weight excluding hydrogens is 424 g/mol. The van der Waals surface area contributed by atoms with Crippen molar-refractivity contribution >= 4 is 29.1 Å². The molecule has 4 aromatic rings. The predicted octanol–water partition coefficient (Wildman–Crippen LogP) is 3.37. The van der Waals surface area contributed by atoms with E-state index in [4.69, 9.17) is 0 Å². The fraction of sp³-hybridized carbons (Fsp3) is 0.261. The highest BCUT2D eigenvalue weighted by atomic mass is 32.2. The summed E-state index contributed by atoms with van der Waals surface area (Å²) in [6.07, 6.45) is 0.389. The fourth-order valence-corrected chi connectivity index (χ4v) is 4.24. The van der Waals surface area contributed by atoms with Crippen molar-refractivity contribution in [3.63, 3.8) is 0 Å². The maximum atomic E-state index is 12.6. The Balaban J connectivity index is 1.50. The second-order valence-electron chi connectivity index (χ2n) is 7.89. The largest absolute Gasteiger partial charge is 0.325 e. The highest BCUT2D eigenvalue weighted by Crippen LogP contribution is 2.23. The zero-order valence-electron chi connectivity index (χ0n) is 18.4. The van der Waals surface area contributed by atoms with Gasteiger partial charge in [-0.15, -0.1) is 10.2 Å². The van der Waals surface area contributed by atoms with Crippen LogP contribution < -0.4 is 10.9 Å². The minimum absolute atomic E-state index is 0.141. The van der Waals surface area contributed by atoms with Crippen LogP contribution in [0.2, 0.25) is 0 Å². The van der Waals surface area contributed by atoms with E-state index in [1.165, 1.54) is 16.3 Å². The average molecular weight is 449 g/mol. The lowest BCUT2D eigenvalue weighted by molar-refractivity contribution is -0.113. The Morgan fingerprint density at radius 2 is 1.72 bits per heavy atom. The number of hydrogen-bond acceptors (Lipinski definition) is 6. The molecule has 0 unspecified atom stereocenters. The molecule has 8 nitrogen and oxygen atoms in total. The van der Waals surface area contributed by atoms with Gasteiger partial charge in [0.05, 0.1) is 5.75 Å². The summed E-state index contributed by atoms with van der Waals surface area (Å²) in [4.78, 5) is 27.7.